The predicted molar refractivity (Wildman–Crippen MR) is 107 cm³/mol. The van der Waals surface area contributed by atoms with Crippen LogP contribution in [0.1, 0.15) is 20.8 Å². The van der Waals surface area contributed by atoms with E-state index in [0.717, 1.165) is 24.5 Å². The molecule has 1 aromatic carbocycles. The molecule has 0 fully saturated rings. The predicted octanol–water partition coefficient (Wildman–Crippen LogP) is 2.37. The lowest BCUT2D eigenvalue weighted by molar-refractivity contribution is 0.100. The van der Waals surface area contributed by atoms with Crippen LogP contribution >= 0.6 is 35.3 Å². The third kappa shape index (κ3) is 6.57. The molecule has 5 nitrogen and oxygen atoms in total. The van der Waals surface area contributed by atoms with Gasteiger partial charge in [0.15, 0.2) is 5.96 Å². The van der Waals surface area contributed by atoms with Crippen LogP contribution in [0.5, 0.6) is 0 Å². The van der Waals surface area contributed by atoms with Crippen molar-refractivity contribution in [2.45, 2.75) is 13.0 Å². The Morgan fingerprint density at radius 3 is 2.52 bits per heavy atom. The number of guanidine groups is 1. The summed E-state index contributed by atoms with van der Waals surface area (Å²) in [5, 5.41) is 8.60. The van der Waals surface area contributed by atoms with Gasteiger partial charge in [0, 0.05) is 30.6 Å². The Hall–Kier alpha value is -1.61. The molecule has 0 saturated carbocycles. The van der Waals surface area contributed by atoms with E-state index in [9.17, 15) is 4.79 Å². The number of aliphatic imine (C=N–C) groups is 1. The van der Waals surface area contributed by atoms with E-state index in [0.29, 0.717) is 12.1 Å². The molecule has 0 aliphatic rings. The van der Waals surface area contributed by atoms with Crippen LogP contribution in [0.15, 0.2) is 46.8 Å². The number of hydrogen-bond donors (Lipinski definition) is 3. The molecule has 4 N–H and O–H groups in total. The monoisotopic (exact) mass is 444 g/mol. The molecule has 0 radical (unpaired) electrons. The lowest BCUT2D eigenvalue weighted by Crippen LogP contribution is -2.37. The minimum atomic E-state index is -0.412. The summed E-state index contributed by atoms with van der Waals surface area (Å²) < 4.78 is 0. The molecule has 2 aromatic rings. The summed E-state index contributed by atoms with van der Waals surface area (Å²) in [7, 11) is 1.75. The molecule has 1 heterocycles. The van der Waals surface area contributed by atoms with Crippen LogP contribution < -0.4 is 16.4 Å². The first kappa shape index (κ1) is 19.4. The maximum atomic E-state index is 11.0. The number of hydrogen-bond acceptors (Lipinski definition) is 3. The molecule has 0 unspecified atom stereocenters. The average Bonchev–Trinajstić information content (AvgIpc) is 3.04. The van der Waals surface area contributed by atoms with Crippen LogP contribution in [-0.4, -0.2) is 25.5 Å². The van der Waals surface area contributed by atoms with Gasteiger partial charge in [-0.05, 0) is 35.6 Å². The minimum Gasteiger partial charge on any atom is -0.366 e. The molecule has 0 aliphatic heterocycles. The molecule has 0 saturated heterocycles. The second kappa shape index (κ2) is 10.2. The number of carbonyl (C=O) groups excluding carboxylic acids is 1. The smallest absolute Gasteiger partial charge is 0.248 e. The van der Waals surface area contributed by atoms with Crippen LogP contribution in [0, 0.1) is 0 Å². The fourth-order valence-corrected chi connectivity index (χ4v) is 2.66. The fourth-order valence-electron chi connectivity index (χ4n) is 1.95. The van der Waals surface area contributed by atoms with E-state index in [1.807, 2.05) is 12.1 Å². The molecule has 7 heteroatoms. The van der Waals surface area contributed by atoms with E-state index in [1.165, 1.54) is 4.88 Å². The first-order valence-corrected chi connectivity index (χ1v) is 7.92. The molecular weight excluding hydrogens is 423 g/mol. The number of nitrogens with two attached hydrogens (primary N) is 1. The van der Waals surface area contributed by atoms with E-state index in [1.54, 1.807) is 30.5 Å². The number of amides is 1. The maximum Gasteiger partial charge on any atom is 0.248 e. The van der Waals surface area contributed by atoms with E-state index >= 15 is 0 Å². The number of nitrogens with zero attached hydrogens (tertiary/aromatic N) is 1. The third-order valence-electron chi connectivity index (χ3n) is 3.17. The molecule has 1 aromatic heterocycles. The van der Waals surface area contributed by atoms with Crippen LogP contribution in [-0.2, 0) is 13.0 Å². The Bertz CT molecular complexity index is 626. The van der Waals surface area contributed by atoms with Gasteiger partial charge in [0.1, 0.15) is 0 Å². The Balaban J connectivity index is 0.00000264. The van der Waals surface area contributed by atoms with Crippen molar-refractivity contribution in [2.75, 3.05) is 13.6 Å². The zero-order valence-corrected chi connectivity index (χ0v) is 16.1. The number of nitrogens with one attached hydrogen (secondary N) is 2. The van der Waals surface area contributed by atoms with Gasteiger partial charge in [0.2, 0.25) is 5.91 Å². The molecular formula is C16H21IN4OS. The summed E-state index contributed by atoms with van der Waals surface area (Å²) in [6.07, 6.45) is 0.978. The van der Waals surface area contributed by atoms with E-state index in [2.05, 4.69) is 33.1 Å². The molecule has 0 atom stereocenters. The van der Waals surface area contributed by atoms with Crippen molar-refractivity contribution in [1.82, 2.24) is 10.6 Å². The first-order valence-electron chi connectivity index (χ1n) is 7.04. The molecule has 23 heavy (non-hydrogen) atoms. The van der Waals surface area contributed by atoms with E-state index < -0.39 is 5.91 Å². The normalized spacial score (nSPS) is 10.7. The lowest BCUT2D eigenvalue weighted by atomic mass is 10.1. The molecule has 0 bridgehead atoms. The number of halogens is 1. The third-order valence-corrected chi connectivity index (χ3v) is 4.10. The van der Waals surface area contributed by atoms with Gasteiger partial charge in [0.25, 0.3) is 0 Å². The lowest BCUT2D eigenvalue weighted by Gasteiger charge is -2.11. The van der Waals surface area contributed by atoms with Gasteiger partial charge >= 0.3 is 0 Å². The largest absolute Gasteiger partial charge is 0.366 e. The van der Waals surface area contributed by atoms with Crippen LogP contribution in [0.4, 0.5) is 0 Å². The number of carbonyl (C=O) groups is 1. The summed E-state index contributed by atoms with van der Waals surface area (Å²) in [6, 6.07) is 11.4. The highest BCUT2D eigenvalue weighted by molar-refractivity contribution is 14.0. The van der Waals surface area contributed by atoms with Crippen molar-refractivity contribution in [3.63, 3.8) is 0 Å². The van der Waals surface area contributed by atoms with Crippen molar-refractivity contribution in [3.8, 4) is 0 Å². The fraction of sp³-hybridized carbons (Fsp3) is 0.250. The molecule has 1 amide bonds. The van der Waals surface area contributed by atoms with Gasteiger partial charge in [-0.2, -0.15) is 0 Å². The second-order valence-electron chi connectivity index (χ2n) is 4.74. The van der Waals surface area contributed by atoms with Gasteiger partial charge in [-0.3, -0.25) is 9.79 Å². The Kier molecular flexibility index (Phi) is 8.64. The molecule has 0 aliphatic carbocycles. The van der Waals surface area contributed by atoms with Crippen molar-refractivity contribution < 1.29 is 4.79 Å². The molecule has 2 rings (SSSR count). The summed E-state index contributed by atoms with van der Waals surface area (Å²) in [6.45, 7) is 1.47. The van der Waals surface area contributed by atoms with Gasteiger partial charge < -0.3 is 16.4 Å². The zero-order chi connectivity index (χ0) is 15.8. The maximum absolute atomic E-state index is 11.0. The summed E-state index contributed by atoms with van der Waals surface area (Å²) in [5.41, 5.74) is 6.80. The summed E-state index contributed by atoms with van der Waals surface area (Å²) in [4.78, 5) is 16.6. The highest BCUT2D eigenvalue weighted by Crippen LogP contribution is 2.08. The number of primary amides is 1. The van der Waals surface area contributed by atoms with Crippen molar-refractivity contribution in [2.24, 2.45) is 10.7 Å². The van der Waals surface area contributed by atoms with Gasteiger partial charge in [-0.1, -0.05) is 18.2 Å². The molecule has 0 spiro atoms. The topological polar surface area (TPSA) is 79.5 Å². The standard InChI is InChI=1S/C16H20N4OS.HI/c1-18-16(19-9-8-14-3-2-10-22-14)20-11-12-4-6-13(7-5-12)15(17)21;/h2-7,10H,8-9,11H2,1H3,(H2,17,21)(H2,18,19,20);1H. The second-order valence-corrected chi connectivity index (χ2v) is 5.78. The van der Waals surface area contributed by atoms with Crippen molar-refractivity contribution >= 4 is 47.2 Å². The minimum absolute atomic E-state index is 0. The van der Waals surface area contributed by atoms with Gasteiger partial charge in [0.05, 0.1) is 0 Å². The Labute approximate surface area is 157 Å². The van der Waals surface area contributed by atoms with Crippen LogP contribution in [0.3, 0.4) is 0 Å². The highest BCUT2D eigenvalue weighted by Gasteiger charge is 2.01. The number of benzene rings is 1. The van der Waals surface area contributed by atoms with E-state index in [4.69, 9.17) is 5.73 Å². The average molecular weight is 444 g/mol. The Morgan fingerprint density at radius 1 is 1.22 bits per heavy atom. The van der Waals surface area contributed by atoms with Crippen LogP contribution in [0.2, 0.25) is 0 Å². The summed E-state index contributed by atoms with van der Waals surface area (Å²) in [5.74, 6) is 0.348. The van der Waals surface area contributed by atoms with Crippen molar-refractivity contribution in [3.05, 3.63) is 57.8 Å². The van der Waals surface area contributed by atoms with Crippen molar-refractivity contribution in [1.29, 1.82) is 0 Å². The quantitative estimate of drug-likeness (QED) is 0.364. The molecule has 124 valence electrons. The Morgan fingerprint density at radius 2 is 1.96 bits per heavy atom. The first-order chi connectivity index (χ1) is 10.7. The van der Waals surface area contributed by atoms with Gasteiger partial charge in [-0.25, -0.2) is 0 Å². The number of rotatable bonds is 6. The number of thiophene rings is 1. The van der Waals surface area contributed by atoms with Gasteiger partial charge in [-0.15, -0.1) is 35.3 Å². The SMILES string of the molecule is CN=C(NCCc1cccs1)NCc1ccc(C(N)=O)cc1.I. The zero-order valence-electron chi connectivity index (χ0n) is 12.9. The highest BCUT2D eigenvalue weighted by atomic mass is 127. The summed E-state index contributed by atoms with van der Waals surface area (Å²) >= 11 is 1.76. The van der Waals surface area contributed by atoms with Crippen LogP contribution in [0.25, 0.3) is 0 Å². The van der Waals surface area contributed by atoms with E-state index in [-0.39, 0.29) is 24.0 Å².